The van der Waals surface area contributed by atoms with Crippen LogP contribution in [0.3, 0.4) is 0 Å². The summed E-state index contributed by atoms with van der Waals surface area (Å²) in [6.45, 7) is 5.14. The third kappa shape index (κ3) is 4.55. The Labute approximate surface area is 198 Å². The maximum atomic E-state index is 12.9. The Kier molecular flexibility index (Phi) is 6.87. The number of anilines is 1. The molecule has 1 aliphatic heterocycles. The quantitative estimate of drug-likeness (QED) is 0.456. The molecule has 1 amide bonds. The number of fused-ring (bicyclic) bond motifs is 1. The average Bonchev–Trinajstić information content (AvgIpc) is 3.42. The van der Waals surface area contributed by atoms with Crippen molar-refractivity contribution in [2.75, 3.05) is 30.3 Å². The van der Waals surface area contributed by atoms with Gasteiger partial charge in [-0.25, -0.2) is 8.42 Å². The van der Waals surface area contributed by atoms with Crippen molar-refractivity contribution in [3.63, 3.8) is 0 Å². The van der Waals surface area contributed by atoms with Gasteiger partial charge in [0, 0.05) is 37.9 Å². The summed E-state index contributed by atoms with van der Waals surface area (Å²) in [5, 5.41) is 9.10. The number of rotatable bonds is 8. The number of thioether (sulfide) groups is 1. The van der Waals surface area contributed by atoms with Gasteiger partial charge < -0.3 is 9.47 Å². The molecule has 33 heavy (non-hydrogen) atoms. The van der Waals surface area contributed by atoms with Crippen LogP contribution in [-0.4, -0.2) is 58.8 Å². The molecular weight excluding hydrogens is 458 g/mol. The number of amides is 1. The number of nitrogens with zero attached hydrogens (tertiary/aromatic N) is 5. The van der Waals surface area contributed by atoms with Crippen molar-refractivity contribution < 1.29 is 13.2 Å². The molecule has 2 aromatic carbocycles. The molecule has 0 atom stereocenters. The van der Waals surface area contributed by atoms with E-state index in [1.165, 1.54) is 21.6 Å². The van der Waals surface area contributed by atoms with E-state index in [4.69, 9.17) is 0 Å². The summed E-state index contributed by atoms with van der Waals surface area (Å²) >= 11 is 1.33. The lowest BCUT2D eigenvalue weighted by atomic mass is 10.2. The van der Waals surface area contributed by atoms with Crippen molar-refractivity contribution in [2.45, 2.75) is 30.3 Å². The number of sulfonamides is 1. The van der Waals surface area contributed by atoms with Gasteiger partial charge in [-0.15, -0.1) is 10.2 Å². The minimum atomic E-state index is -3.57. The fraction of sp³-hybridized carbons (Fsp3) is 0.348. The van der Waals surface area contributed by atoms with Crippen LogP contribution in [0.4, 0.5) is 5.69 Å². The molecule has 1 aliphatic rings. The minimum Gasteiger partial charge on any atom is -0.311 e. The first kappa shape index (κ1) is 23.5. The lowest BCUT2D eigenvalue weighted by molar-refractivity contribution is -0.116. The minimum absolute atomic E-state index is 0.0295. The van der Waals surface area contributed by atoms with Crippen molar-refractivity contribution in [2.24, 2.45) is 7.05 Å². The van der Waals surface area contributed by atoms with Crippen LogP contribution in [0.15, 0.2) is 58.6 Å². The average molecular weight is 486 g/mol. The van der Waals surface area contributed by atoms with E-state index >= 15 is 0 Å². The summed E-state index contributed by atoms with van der Waals surface area (Å²) in [5.41, 5.74) is 2.83. The summed E-state index contributed by atoms with van der Waals surface area (Å²) in [6.07, 6.45) is 0.868. The second kappa shape index (κ2) is 9.66. The van der Waals surface area contributed by atoms with Gasteiger partial charge in [0.2, 0.25) is 15.9 Å². The highest BCUT2D eigenvalue weighted by Crippen LogP contribution is 2.30. The monoisotopic (exact) mass is 485 g/mol. The molecule has 4 rings (SSSR count). The molecule has 0 aliphatic carbocycles. The van der Waals surface area contributed by atoms with Crippen LogP contribution < -0.4 is 4.90 Å². The number of aromatic nitrogens is 3. The van der Waals surface area contributed by atoms with Crippen LogP contribution >= 0.6 is 11.8 Å². The molecule has 1 aromatic heterocycles. The standard InChI is InChI=1S/C23H27N5O3S2/c1-4-27(5-2)33(30,31)19-11-8-10-18(15-19)22-24-25-23(26(22)3)32-16-21(29)28-14-13-17-9-6-7-12-20(17)28/h6-12,15H,4-5,13-14,16H2,1-3H3. The van der Waals surface area contributed by atoms with Crippen LogP contribution in [0.1, 0.15) is 19.4 Å². The van der Waals surface area contributed by atoms with Gasteiger partial charge in [0.05, 0.1) is 10.6 Å². The number of benzene rings is 2. The maximum Gasteiger partial charge on any atom is 0.243 e. The van der Waals surface area contributed by atoms with E-state index in [-0.39, 0.29) is 16.6 Å². The molecule has 0 unspecified atom stereocenters. The lowest BCUT2D eigenvalue weighted by Gasteiger charge is -2.18. The lowest BCUT2D eigenvalue weighted by Crippen LogP contribution is -2.30. The van der Waals surface area contributed by atoms with Crippen LogP contribution in [0.5, 0.6) is 0 Å². The molecular formula is C23H27N5O3S2. The third-order valence-corrected chi connectivity index (χ3v) is 8.83. The molecule has 8 nitrogen and oxygen atoms in total. The summed E-state index contributed by atoms with van der Waals surface area (Å²) in [6, 6.07) is 14.7. The normalized spacial score (nSPS) is 13.5. The largest absolute Gasteiger partial charge is 0.311 e. The fourth-order valence-electron chi connectivity index (χ4n) is 4.00. The second-order valence-corrected chi connectivity index (χ2v) is 10.6. The van der Waals surface area contributed by atoms with Crippen molar-refractivity contribution in [3.05, 3.63) is 54.1 Å². The molecule has 10 heteroatoms. The van der Waals surface area contributed by atoms with Crippen LogP contribution in [-0.2, 0) is 28.3 Å². The zero-order valence-electron chi connectivity index (χ0n) is 18.9. The van der Waals surface area contributed by atoms with Gasteiger partial charge in [0.1, 0.15) is 0 Å². The molecule has 0 radical (unpaired) electrons. The second-order valence-electron chi connectivity index (χ2n) is 7.70. The molecule has 0 saturated carbocycles. The van der Waals surface area contributed by atoms with Crippen LogP contribution in [0, 0.1) is 0 Å². The van der Waals surface area contributed by atoms with Gasteiger partial charge in [-0.3, -0.25) is 4.79 Å². The Morgan fingerprint density at radius 1 is 1.09 bits per heavy atom. The van der Waals surface area contributed by atoms with E-state index in [1.807, 2.05) is 50.1 Å². The highest BCUT2D eigenvalue weighted by atomic mass is 32.2. The smallest absolute Gasteiger partial charge is 0.243 e. The Morgan fingerprint density at radius 2 is 1.85 bits per heavy atom. The Balaban J connectivity index is 1.50. The van der Waals surface area contributed by atoms with Gasteiger partial charge in [0.25, 0.3) is 0 Å². The number of para-hydroxylation sites is 1. The van der Waals surface area contributed by atoms with E-state index < -0.39 is 10.0 Å². The highest BCUT2D eigenvalue weighted by Gasteiger charge is 2.25. The van der Waals surface area contributed by atoms with Gasteiger partial charge in [-0.05, 0) is 30.2 Å². The van der Waals surface area contributed by atoms with Crippen molar-refractivity contribution >= 4 is 33.4 Å². The summed E-state index contributed by atoms with van der Waals surface area (Å²) in [7, 11) is -1.75. The number of carbonyl (C=O) groups excluding carboxylic acids is 1. The Bertz CT molecular complexity index is 1270. The van der Waals surface area contributed by atoms with E-state index in [1.54, 1.807) is 22.8 Å². The summed E-state index contributed by atoms with van der Waals surface area (Å²) in [4.78, 5) is 14.9. The summed E-state index contributed by atoms with van der Waals surface area (Å²) < 4.78 is 29.0. The molecule has 0 spiro atoms. The molecule has 0 fully saturated rings. The molecule has 0 saturated heterocycles. The molecule has 3 aromatic rings. The maximum absolute atomic E-state index is 12.9. The summed E-state index contributed by atoms with van der Waals surface area (Å²) in [5.74, 6) is 0.825. The number of hydrogen-bond donors (Lipinski definition) is 0. The van der Waals surface area contributed by atoms with Gasteiger partial charge >= 0.3 is 0 Å². The van der Waals surface area contributed by atoms with E-state index in [0.717, 1.165) is 12.1 Å². The number of hydrogen-bond acceptors (Lipinski definition) is 6. The first-order valence-corrected chi connectivity index (χ1v) is 13.3. The molecule has 174 valence electrons. The Morgan fingerprint density at radius 3 is 2.61 bits per heavy atom. The molecule has 0 bridgehead atoms. The van der Waals surface area contributed by atoms with Crippen LogP contribution in [0.2, 0.25) is 0 Å². The van der Waals surface area contributed by atoms with E-state index in [0.29, 0.717) is 36.2 Å². The number of carbonyl (C=O) groups is 1. The van der Waals surface area contributed by atoms with Crippen molar-refractivity contribution in [1.82, 2.24) is 19.1 Å². The zero-order valence-corrected chi connectivity index (χ0v) is 20.6. The Hall–Kier alpha value is -2.69. The predicted octanol–water partition coefficient (Wildman–Crippen LogP) is 3.19. The van der Waals surface area contributed by atoms with E-state index in [9.17, 15) is 13.2 Å². The van der Waals surface area contributed by atoms with Gasteiger partial charge in [-0.2, -0.15) is 4.31 Å². The van der Waals surface area contributed by atoms with Gasteiger partial charge in [-0.1, -0.05) is 55.9 Å². The fourth-order valence-corrected chi connectivity index (χ4v) is 6.29. The molecule has 0 N–H and O–H groups in total. The van der Waals surface area contributed by atoms with Crippen molar-refractivity contribution in [3.8, 4) is 11.4 Å². The highest BCUT2D eigenvalue weighted by molar-refractivity contribution is 7.99. The topological polar surface area (TPSA) is 88.4 Å². The molecule has 2 heterocycles. The van der Waals surface area contributed by atoms with Gasteiger partial charge in [0.15, 0.2) is 11.0 Å². The first-order chi connectivity index (χ1) is 15.9. The third-order valence-electron chi connectivity index (χ3n) is 5.78. The zero-order chi connectivity index (χ0) is 23.6. The van der Waals surface area contributed by atoms with Crippen LogP contribution in [0.25, 0.3) is 11.4 Å². The first-order valence-electron chi connectivity index (χ1n) is 10.9. The van der Waals surface area contributed by atoms with Crippen molar-refractivity contribution in [1.29, 1.82) is 0 Å². The SMILES string of the molecule is CCN(CC)S(=O)(=O)c1cccc(-c2nnc(SCC(=O)N3CCc4ccccc43)n2C)c1. The van der Waals surface area contributed by atoms with E-state index in [2.05, 4.69) is 16.3 Å². The predicted molar refractivity (Wildman–Crippen MR) is 130 cm³/mol.